The summed E-state index contributed by atoms with van der Waals surface area (Å²) >= 11 is 3.37. The first-order valence-corrected chi connectivity index (χ1v) is 11.8. The van der Waals surface area contributed by atoms with Crippen molar-refractivity contribution in [2.75, 3.05) is 16.7 Å². The fourth-order valence-corrected chi connectivity index (χ4v) is 4.44. The second-order valence-electron chi connectivity index (χ2n) is 7.09. The Bertz CT molecular complexity index is 1160. The predicted molar refractivity (Wildman–Crippen MR) is 126 cm³/mol. The average molecular weight is 503 g/mol. The van der Waals surface area contributed by atoms with E-state index in [0.29, 0.717) is 22.7 Å². The molecule has 0 fully saturated rings. The molecule has 0 aromatic heterocycles. The summed E-state index contributed by atoms with van der Waals surface area (Å²) in [6.07, 6.45) is -0.0844. The summed E-state index contributed by atoms with van der Waals surface area (Å²) in [7, 11) is -2.22. The van der Waals surface area contributed by atoms with Gasteiger partial charge in [-0.25, -0.2) is 8.42 Å². The van der Waals surface area contributed by atoms with Crippen molar-refractivity contribution in [1.29, 1.82) is 0 Å². The topological polar surface area (TPSA) is 75.7 Å². The van der Waals surface area contributed by atoms with Gasteiger partial charge in [-0.3, -0.25) is 9.10 Å². The third kappa shape index (κ3) is 5.45. The van der Waals surface area contributed by atoms with Gasteiger partial charge >= 0.3 is 0 Å². The molecule has 3 aromatic rings. The molecule has 0 aliphatic rings. The zero-order valence-electron chi connectivity index (χ0n) is 17.4. The van der Waals surface area contributed by atoms with Gasteiger partial charge in [0.15, 0.2) is 0 Å². The molecule has 3 rings (SSSR count). The summed E-state index contributed by atoms with van der Waals surface area (Å²) in [6.45, 7) is 3.77. The van der Waals surface area contributed by atoms with E-state index >= 15 is 0 Å². The molecule has 0 atom stereocenters. The minimum atomic E-state index is -3.72. The monoisotopic (exact) mass is 502 g/mol. The number of hydrogen-bond acceptors (Lipinski definition) is 4. The van der Waals surface area contributed by atoms with Gasteiger partial charge in [0.25, 0.3) is 15.9 Å². The van der Waals surface area contributed by atoms with Crippen molar-refractivity contribution in [2.45, 2.75) is 24.8 Å². The fourth-order valence-electron chi connectivity index (χ4n) is 2.88. The Hall–Kier alpha value is -2.84. The van der Waals surface area contributed by atoms with Crippen LogP contribution in [0.25, 0.3) is 0 Å². The molecule has 0 saturated carbocycles. The maximum absolute atomic E-state index is 12.9. The van der Waals surface area contributed by atoms with E-state index in [-0.39, 0.29) is 16.9 Å². The molecule has 0 aliphatic carbocycles. The van der Waals surface area contributed by atoms with Gasteiger partial charge < -0.3 is 10.1 Å². The van der Waals surface area contributed by atoms with Gasteiger partial charge in [0, 0.05) is 17.2 Å². The van der Waals surface area contributed by atoms with Crippen molar-refractivity contribution in [3.63, 3.8) is 0 Å². The van der Waals surface area contributed by atoms with E-state index in [1.54, 1.807) is 54.6 Å². The Balaban J connectivity index is 1.80. The van der Waals surface area contributed by atoms with Gasteiger partial charge in [0.1, 0.15) is 5.75 Å². The molecular weight excluding hydrogens is 480 g/mol. The number of para-hydroxylation sites is 1. The molecule has 3 aromatic carbocycles. The Morgan fingerprint density at radius 2 is 1.65 bits per heavy atom. The molecule has 0 aliphatic heterocycles. The summed E-state index contributed by atoms with van der Waals surface area (Å²) in [5.74, 6) is 0.119. The van der Waals surface area contributed by atoms with Crippen molar-refractivity contribution in [3.05, 3.63) is 82.8 Å². The molecule has 31 heavy (non-hydrogen) atoms. The van der Waals surface area contributed by atoms with Crippen LogP contribution in [0.3, 0.4) is 0 Å². The number of carbonyl (C=O) groups excluding carboxylic acids is 1. The number of anilines is 2. The van der Waals surface area contributed by atoms with E-state index in [1.807, 2.05) is 19.9 Å². The molecule has 6 nitrogen and oxygen atoms in total. The van der Waals surface area contributed by atoms with Crippen LogP contribution < -0.4 is 14.4 Å². The lowest BCUT2D eigenvalue weighted by atomic mass is 10.1. The van der Waals surface area contributed by atoms with Crippen molar-refractivity contribution >= 4 is 43.2 Å². The summed E-state index contributed by atoms with van der Waals surface area (Å²) in [5, 5.41) is 2.79. The summed E-state index contributed by atoms with van der Waals surface area (Å²) in [6, 6.07) is 20.1. The molecule has 0 saturated heterocycles. The fraction of sp³-hybridized carbons (Fsp3) is 0.174. The van der Waals surface area contributed by atoms with Crippen LogP contribution in [-0.4, -0.2) is 27.5 Å². The number of ether oxygens (including phenoxy) is 1. The van der Waals surface area contributed by atoms with Crippen LogP contribution in [0.15, 0.2) is 82.2 Å². The number of nitrogens with one attached hydrogen (secondary N) is 1. The third-order valence-corrected chi connectivity index (χ3v) is 6.73. The molecule has 162 valence electrons. The zero-order valence-corrected chi connectivity index (χ0v) is 19.8. The average Bonchev–Trinajstić information content (AvgIpc) is 2.75. The zero-order chi connectivity index (χ0) is 22.6. The minimum Gasteiger partial charge on any atom is -0.490 e. The van der Waals surface area contributed by atoms with Crippen LogP contribution in [0.2, 0.25) is 0 Å². The number of sulfonamides is 1. The summed E-state index contributed by atoms with van der Waals surface area (Å²) in [4.78, 5) is 12.9. The maximum atomic E-state index is 12.9. The Morgan fingerprint density at radius 1 is 1.00 bits per heavy atom. The van der Waals surface area contributed by atoms with Crippen molar-refractivity contribution in [1.82, 2.24) is 0 Å². The van der Waals surface area contributed by atoms with Crippen LogP contribution in [-0.2, 0) is 10.0 Å². The van der Waals surface area contributed by atoms with Gasteiger partial charge in [0.2, 0.25) is 0 Å². The Kier molecular flexibility index (Phi) is 7.02. The Labute approximate surface area is 191 Å². The number of carbonyl (C=O) groups is 1. The highest BCUT2D eigenvalue weighted by Gasteiger charge is 2.21. The van der Waals surface area contributed by atoms with E-state index in [4.69, 9.17) is 4.74 Å². The lowest BCUT2D eigenvalue weighted by molar-refractivity contribution is 0.102. The molecule has 0 unspecified atom stereocenters. The number of rotatable bonds is 7. The maximum Gasteiger partial charge on any atom is 0.264 e. The largest absolute Gasteiger partial charge is 0.490 e. The van der Waals surface area contributed by atoms with Gasteiger partial charge in [-0.2, -0.15) is 0 Å². The third-order valence-electron chi connectivity index (χ3n) is 4.44. The summed E-state index contributed by atoms with van der Waals surface area (Å²) in [5.41, 5.74) is 1.41. The van der Waals surface area contributed by atoms with Crippen LogP contribution in [0, 0.1) is 0 Å². The highest BCUT2D eigenvalue weighted by atomic mass is 79.9. The van der Waals surface area contributed by atoms with Gasteiger partial charge in [-0.1, -0.05) is 34.1 Å². The van der Waals surface area contributed by atoms with Crippen LogP contribution in [0.5, 0.6) is 5.75 Å². The second-order valence-corrected chi connectivity index (χ2v) is 9.98. The molecule has 0 radical (unpaired) electrons. The van der Waals surface area contributed by atoms with E-state index in [9.17, 15) is 13.2 Å². The first-order valence-electron chi connectivity index (χ1n) is 9.60. The van der Waals surface area contributed by atoms with Crippen molar-refractivity contribution in [3.8, 4) is 5.75 Å². The van der Waals surface area contributed by atoms with Gasteiger partial charge in [0.05, 0.1) is 22.3 Å². The molecule has 0 spiro atoms. The SMILES string of the molecule is CC(C)Oc1ccc(Br)cc1C(=O)Nc1ccc(S(=O)(=O)N(C)c2ccccc2)cc1. The standard InChI is InChI=1S/C23H23BrN2O4S/c1-16(2)30-22-14-9-17(24)15-21(22)23(27)25-18-10-12-20(13-11-18)31(28,29)26(3)19-7-5-4-6-8-19/h4-16H,1-3H3,(H,25,27). The lowest BCUT2D eigenvalue weighted by Crippen LogP contribution is -2.26. The molecule has 0 bridgehead atoms. The normalized spacial score (nSPS) is 11.3. The second kappa shape index (κ2) is 9.53. The van der Waals surface area contributed by atoms with Crippen molar-refractivity contribution < 1.29 is 17.9 Å². The first kappa shape index (κ1) is 22.8. The number of hydrogen-bond donors (Lipinski definition) is 1. The Morgan fingerprint density at radius 3 is 2.26 bits per heavy atom. The summed E-state index contributed by atoms with van der Waals surface area (Å²) < 4.78 is 33.5. The highest BCUT2D eigenvalue weighted by Crippen LogP contribution is 2.26. The van der Waals surface area contributed by atoms with Crippen LogP contribution >= 0.6 is 15.9 Å². The number of benzene rings is 3. The van der Waals surface area contributed by atoms with Gasteiger partial charge in [-0.15, -0.1) is 0 Å². The van der Waals surface area contributed by atoms with Crippen molar-refractivity contribution in [2.24, 2.45) is 0 Å². The quantitative estimate of drug-likeness (QED) is 0.474. The van der Waals surface area contributed by atoms with Gasteiger partial charge in [-0.05, 0) is 68.4 Å². The van der Waals surface area contributed by atoms with E-state index in [1.165, 1.54) is 23.5 Å². The predicted octanol–water partition coefficient (Wildman–Crippen LogP) is 5.31. The van der Waals surface area contributed by atoms with E-state index < -0.39 is 10.0 Å². The molecule has 1 amide bonds. The van der Waals surface area contributed by atoms with E-state index in [2.05, 4.69) is 21.2 Å². The lowest BCUT2D eigenvalue weighted by Gasteiger charge is -2.19. The number of nitrogens with zero attached hydrogens (tertiary/aromatic N) is 1. The first-order chi connectivity index (χ1) is 14.7. The number of amides is 1. The van der Waals surface area contributed by atoms with Crippen LogP contribution in [0.1, 0.15) is 24.2 Å². The highest BCUT2D eigenvalue weighted by molar-refractivity contribution is 9.10. The molecular formula is C23H23BrN2O4S. The molecule has 1 N–H and O–H groups in total. The molecule has 8 heteroatoms. The molecule has 0 heterocycles. The number of halogens is 1. The minimum absolute atomic E-state index is 0.0844. The smallest absolute Gasteiger partial charge is 0.264 e. The van der Waals surface area contributed by atoms with Crippen LogP contribution in [0.4, 0.5) is 11.4 Å². The van der Waals surface area contributed by atoms with E-state index in [0.717, 1.165) is 4.47 Å².